The number of H-pyrrole nitrogens is 1. The Balaban J connectivity index is 2.33. The number of methoxy groups -OCH3 is 1. The number of ether oxygens (including phenoxy) is 1. The largest absolute Gasteiger partial charge is 0.497 e. The van der Waals surface area contributed by atoms with Gasteiger partial charge in [0.05, 0.1) is 12.6 Å². The van der Waals surface area contributed by atoms with Crippen LogP contribution < -0.4 is 4.74 Å². The van der Waals surface area contributed by atoms with E-state index in [0.717, 1.165) is 27.6 Å². The Labute approximate surface area is 110 Å². The van der Waals surface area contributed by atoms with Gasteiger partial charge in [0.2, 0.25) is 0 Å². The maximum atomic E-state index is 5.28. The van der Waals surface area contributed by atoms with Crippen LogP contribution >= 0.6 is 11.8 Å². The van der Waals surface area contributed by atoms with E-state index in [1.165, 1.54) is 10.8 Å². The fourth-order valence-corrected chi connectivity index (χ4v) is 2.86. The minimum absolute atomic E-state index is 0.880. The second kappa shape index (κ2) is 4.53. The van der Waals surface area contributed by atoms with Gasteiger partial charge in [-0.15, -0.1) is 11.8 Å². The molecule has 0 unspecified atom stereocenters. The highest BCUT2D eigenvalue weighted by Crippen LogP contribution is 2.32. The summed E-state index contributed by atoms with van der Waals surface area (Å²) in [6, 6.07) is 8.13. The van der Waals surface area contributed by atoms with Crippen LogP contribution in [0.3, 0.4) is 0 Å². The zero-order valence-corrected chi connectivity index (χ0v) is 11.2. The molecule has 3 nitrogen and oxygen atoms in total. The number of hydrogen-bond donors (Lipinski definition) is 1. The number of benzene rings is 1. The number of pyridine rings is 1. The molecule has 18 heavy (non-hydrogen) atoms. The highest BCUT2D eigenvalue weighted by molar-refractivity contribution is 7.99. The summed E-state index contributed by atoms with van der Waals surface area (Å²) in [4.78, 5) is 7.88. The summed E-state index contributed by atoms with van der Waals surface area (Å²) in [5.41, 5.74) is 2.24. The molecule has 0 aliphatic rings. The first-order valence-corrected chi connectivity index (χ1v) is 6.89. The number of hydrogen-bond acceptors (Lipinski definition) is 3. The third kappa shape index (κ3) is 1.73. The predicted molar refractivity (Wildman–Crippen MR) is 76.5 cm³/mol. The average Bonchev–Trinajstić information content (AvgIpc) is 2.78. The van der Waals surface area contributed by atoms with E-state index in [4.69, 9.17) is 4.74 Å². The molecule has 1 N–H and O–H groups in total. The van der Waals surface area contributed by atoms with Crippen LogP contribution in [0.15, 0.2) is 35.5 Å². The molecular weight excluding hydrogens is 244 g/mol. The number of nitrogens with zero attached hydrogens (tertiary/aromatic N) is 1. The second-order valence-corrected chi connectivity index (χ2v) is 5.26. The Hall–Kier alpha value is -1.68. The fraction of sp³-hybridized carbons (Fsp3) is 0.214. The van der Waals surface area contributed by atoms with Gasteiger partial charge in [0.1, 0.15) is 10.8 Å². The van der Waals surface area contributed by atoms with Gasteiger partial charge >= 0.3 is 0 Å². The van der Waals surface area contributed by atoms with Crippen molar-refractivity contribution >= 4 is 33.6 Å². The Bertz CT molecular complexity index is 705. The SMILES string of the molecule is CCSc1nccc2c1[nH]c1ccc(OC)cc12. The molecule has 0 radical (unpaired) electrons. The van der Waals surface area contributed by atoms with Crippen molar-refractivity contribution in [1.82, 2.24) is 9.97 Å². The zero-order chi connectivity index (χ0) is 12.5. The molecule has 0 amide bonds. The highest BCUT2D eigenvalue weighted by atomic mass is 32.2. The summed E-state index contributed by atoms with van der Waals surface area (Å²) in [7, 11) is 1.69. The van der Waals surface area contributed by atoms with Crippen molar-refractivity contribution in [3.63, 3.8) is 0 Å². The Morgan fingerprint density at radius 2 is 2.17 bits per heavy atom. The standard InChI is InChI=1S/C14H14N2OS/c1-3-18-14-13-10(6-7-15-14)11-8-9(17-2)4-5-12(11)16-13/h4-8,16H,3H2,1-2H3. The van der Waals surface area contributed by atoms with Gasteiger partial charge in [-0.3, -0.25) is 0 Å². The van der Waals surface area contributed by atoms with Gasteiger partial charge in [0.15, 0.2) is 0 Å². The fourth-order valence-electron chi connectivity index (χ4n) is 2.15. The first-order chi connectivity index (χ1) is 8.83. The van der Waals surface area contributed by atoms with E-state index in [-0.39, 0.29) is 0 Å². The number of aromatic amines is 1. The lowest BCUT2D eigenvalue weighted by Crippen LogP contribution is -1.81. The molecule has 2 aromatic heterocycles. The van der Waals surface area contributed by atoms with Crippen LogP contribution in [0.5, 0.6) is 5.75 Å². The highest BCUT2D eigenvalue weighted by Gasteiger charge is 2.09. The summed E-state index contributed by atoms with van der Waals surface area (Å²) < 4.78 is 5.28. The lowest BCUT2D eigenvalue weighted by molar-refractivity contribution is 0.415. The summed E-state index contributed by atoms with van der Waals surface area (Å²) >= 11 is 1.76. The minimum Gasteiger partial charge on any atom is -0.497 e. The summed E-state index contributed by atoms with van der Waals surface area (Å²) in [5, 5.41) is 3.45. The Morgan fingerprint density at radius 3 is 2.94 bits per heavy atom. The molecular formula is C14H14N2OS. The number of aromatic nitrogens is 2. The van der Waals surface area contributed by atoms with E-state index >= 15 is 0 Å². The number of thioether (sulfide) groups is 1. The molecule has 0 aliphatic carbocycles. The predicted octanol–water partition coefficient (Wildman–Crippen LogP) is 3.84. The zero-order valence-electron chi connectivity index (χ0n) is 10.4. The molecule has 4 heteroatoms. The molecule has 0 saturated carbocycles. The first kappa shape index (κ1) is 11.4. The number of rotatable bonds is 3. The van der Waals surface area contributed by atoms with Crippen LogP contribution in [0.2, 0.25) is 0 Å². The van der Waals surface area contributed by atoms with E-state index in [9.17, 15) is 0 Å². The Morgan fingerprint density at radius 1 is 1.28 bits per heavy atom. The van der Waals surface area contributed by atoms with Crippen molar-refractivity contribution in [1.29, 1.82) is 0 Å². The molecule has 0 spiro atoms. The summed E-state index contributed by atoms with van der Waals surface area (Å²) in [6.07, 6.45) is 1.87. The van der Waals surface area contributed by atoms with Gasteiger partial charge in [-0.05, 0) is 30.0 Å². The molecule has 92 valence electrons. The van der Waals surface area contributed by atoms with Gasteiger partial charge in [0, 0.05) is 22.5 Å². The van der Waals surface area contributed by atoms with Crippen LogP contribution in [0.25, 0.3) is 21.8 Å². The first-order valence-electron chi connectivity index (χ1n) is 5.90. The molecule has 1 aromatic carbocycles. The molecule has 3 aromatic rings. The van der Waals surface area contributed by atoms with Crippen LogP contribution in [0, 0.1) is 0 Å². The molecule has 0 fully saturated rings. The van der Waals surface area contributed by atoms with Gasteiger partial charge in [-0.2, -0.15) is 0 Å². The van der Waals surface area contributed by atoms with Crippen LogP contribution in [-0.2, 0) is 0 Å². The average molecular weight is 258 g/mol. The maximum Gasteiger partial charge on any atom is 0.120 e. The third-order valence-electron chi connectivity index (χ3n) is 2.97. The normalized spacial score (nSPS) is 11.2. The van der Waals surface area contributed by atoms with Gasteiger partial charge in [-0.25, -0.2) is 4.98 Å². The van der Waals surface area contributed by atoms with Crippen molar-refractivity contribution in [3.05, 3.63) is 30.5 Å². The van der Waals surface area contributed by atoms with E-state index in [0.29, 0.717) is 0 Å². The lowest BCUT2D eigenvalue weighted by atomic mass is 10.2. The van der Waals surface area contributed by atoms with Crippen molar-refractivity contribution in [3.8, 4) is 5.75 Å². The third-order valence-corrected chi connectivity index (χ3v) is 3.85. The van der Waals surface area contributed by atoms with E-state index < -0.39 is 0 Å². The molecule has 3 rings (SSSR count). The van der Waals surface area contributed by atoms with Gasteiger partial charge in [0.25, 0.3) is 0 Å². The molecule has 2 heterocycles. The van der Waals surface area contributed by atoms with Crippen molar-refractivity contribution in [2.24, 2.45) is 0 Å². The number of fused-ring (bicyclic) bond motifs is 3. The smallest absolute Gasteiger partial charge is 0.120 e. The molecule has 0 aliphatic heterocycles. The van der Waals surface area contributed by atoms with E-state index in [1.807, 2.05) is 18.3 Å². The van der Waals surface area contributed by atoms with Crippen LogP contribution in [0.4, 0.5) is 0 Å². The molecule has 0 saturated heterocycles. The van der Waals surface area contributed by atoms with E-state index in [1.54, 1.807) is 18.9 Å². The molecule has 0 bridgehead atoms. The topological polar surface area (TPSA) is 37.9 Å². The minimum atomic E-state index is 0.880. The molecule has 0 atom stereocenters. The van der Waals surface area contributed by atoms with Crippen LogP contribution in [0.1, 0.15) is 6.92 Å². The van der Waals surface area contributed by atoms with Gasteiger partial charge in [-0.1, -0.05) is 6.92 Å². The summed E-state index contributed by atoms with van der Waals surface area (Å²) in [6.45, 7) is 2.14. The quantitative estimate of drug-likeness (QED) is 0.725. The van der Waals surface area contributed by atoms with Crippen molar-refractivity contribution in [2.45, 2.75) is 11.9 Å². The second-order valence-electron chi connectivity index (χ2n) is 4.01. The van der Waals surface area contributed by atoms with Crippen molar-refractivity contribution < 1.29 is 4.74 Å². The monoisotopic (exact) mass is 258 g/mol. The lowest BCUT2D eigenvalue weighted by Gasteiger charge is -1.99. The van der Waals surface area contributed by atoms with E-state index in [2.05, 4.69) is 29.0 Å². The summed E-state index contributed by atoms with van der Waals surface area (Å²) in [5.74, 6) is 1.90. The Kier molecular flexibility index (Phi) is 2.88. The van der Waals surface area contributed by atoms with Crippen molar-refractivity contribution in [2.75, 3.05) is 12.9 Å². The number of nitrogens with one attached hydrogen (secondary N) is 1. The van der Waals surface area contributed by atoms with Crippen LogP contribution in [-0.4, -0.2) is 22.8 Å². The van der Waals surface area contributed by atoms with Gasteiger partial charge < -0.3 is 9.72 Å². The maximum absolute atomic E-state index is 5.28.